The fraction of sp³-hybridized carbons (Fsp3) is 0.231. The Morgan fingerprint density at radius 2 is 1.68 bits per heavy atom. The molecule has 3 aromatic carbocycles. The summed E-state index contributed by atoms with van der Waals surface area (Å²) in [5, 5.41) is 3.95. The Morgan fingerprint density at radius 3 is 2.24 bits per heavy atom. The lowest BCUT2D eigenvalue weighted by atomic mass is 10.2. The van der Waals surface area contributed by atoms with E-state index in [1.54, 1.807) is 24.3 Å². The maximum Gasteiger partial charge on any atom is 0.255 e. The molecule has 202 valence electrons. The average Bonchev–Trinajstić information content (AvgIpc) is 2.89. The second kappa shape index (κ2) is 12.7. The van der Waals surface area contributed by atoms with E-state index >= 15 is 0 Å². The molecule has 0 saturated carbocycles. The zero-order valence-electron chi connectivity index (χ0n) is 21.2. The van der Waals surface area contributed by atoms with E-state index in [2.05, 4.69) is 10.5 Å². The van der Waals surface area contributed by atoms with Gasteiger partial charge in [-0.25, -0.2) is 18.2 Å². The molecular weight excluding hydrogens is 537 g/mol. The summed E-state index contributed by atoms with van der Waals surface area (Å²) in [6.45, 7) is 0.700. The Kier molecular flexibility index (Phi) is 9.67. The highest BCUT2D eigenvalue weighted by Gasteiger charge is 2.28. The monoisotopic (exact) mass is 563 g/mol. The van der Waals surface area contributed by atoms with Gasteiger partial charge in [-0.1, -0.05) is 35.4 Å². The zero-order chi connectivity index (χ0) is 27.9. The first-order valence-electron chi connectivity index (χ1n) is 11.2. The molecule has 1 N–H and O–H groups in total. The number of halogens is 2. The Morgan fingerprint density at radius 1 is 1.05 bits per heavy atom. The quantitative estimate of drug-likeness (QED) is 0.277. The van der Waals surface area contributed by atoms with E-state index in [4.69, 9.17) is 25.8 Å². The molecule has 9 nitrogen and oxygen atoms in total. The molecule has 1 amide bonds. The van der Waals surface area contributed by atoms with Crippen molar-refractivity contribution in [1.82, 2.24) is 9.73 Å². The Labute approximate surface area is 225 Å². The van der Waals surface area contributed by atoms with Gasteiger partial charge in [0.1, 0.15) is 5.82 Å². The first-order valence-corrected chi connectivity index (χ1v) is 13.0. The van der Waals surface area contributed by atoms with Crippen LogP contribution < -0.4 is 19.6 Å². The van der Waals surface area contributed by atoms with Crippen molar-refractivity contribution >= 4 is 33.7 Å². The summed E-state index contributed by atoms with van der Waals surface area (Å²) in [6, 6.07) is 13.3. The molecule has 0 aliphatic heterocycles. The fourth-order valence-electron chi connectivity index (χ4n) is 3.50. The third-order valence-electron chi connectivity index (χ3n) is 5.46. The van der Waals surface area contributed by atoms with Gasteiger partial charge in [-0.2, -0.15) is 9.41 Å². The summed E-state index contributed by atoms with van der Waals surface area (Å²) in [5.41, 5.74) is 3.61. The SMILES string of the molecule is COc1cc(/C=N\NC(=O)CN(Cc2c(F)cccc2Cl)S(=O)(=O)c2ccc(C)cc2)cc(OC)c1OC. The van der Waals surface area contributed by atoms with E-state index in [9.17, 15) is 17.6 Å². The van der Waals surface area contributed by atoms with Crippen LogP contribution in [0.1, 0.15) is 16.7 Å². The summed E-state index contributed by atoms with van der Waals surface area (Å²) in [5.74, 6) is -0.285. The van der Waals surface area contributed by atoms with Crippen molar-refractivity contribution in [3.63, 3.8) is 0 Å². The number of hydrogen-bond acceptors (Lipinski definition) is 7. The molecule has 0 aliphatic carbocycles. The summed E-state index contributed by atoms with van der Waals surface area (Å²) < 4.78 is 58.0. The Bertz CT molecular complexity index is 1390. The van der Waals surface area contributed by atoms with Gasteiger partial charge in [-0.15, -0.1) is 0 Å². The molecule has 38 heavy (non-hydrogen) atoms. The minimum Gasteiger partial charge on any atom is -0.493 e. The molecule has 0 fully saturated rings. The van der Waals surface area contributed by atoms with Crippen LogP contribution in [0.3, 0.4) is 0 Å². The fourth-order valence-corrected chi connectivity index (χ4v) is 5.08. The van der Waals surface area contributed by atoms with Crippen molar-refractivity contribution in [3.05, 3.63) is 82.1 Å². The summed E-state index contributed by atoms with van der Waals surface area (Å²) >= 11 is 6.13. The zero-order valence-corrected chi connectivity index (χ0v) is 22.8. The number of rotatable bonds is 11. The van der Waals surface area contributed by atoms with E-state index in [1.807, 2.05) is 6.92 Å². The molecule has 3 aromatic rings. The second-order valence-electron chi connectivity index (χ2n) is 8.04. The maximum atomic E-state index is 14.5. The lowest BCUT2D eigenvalue weighted by Gasteiger charge is -2.22. The molecule has 3 rings (SSSR count). The first-order chi connectivity index (χ1) is 18.1. The van der Waals surface area contributed by atoms with Gasteiger partial charge >= 0.3 is 0 Å². The standard InChI is InChI=1S/C26H27ClFN3O6S/c1-17-8-10-19(11-9-17)38(33,34)31(15-20-21(27)6-5-7-22(20)28)16-25(32)30-29-14-18-12-23(35-2)26(37-4)24(13-18)36-3/h5-14H,15-16H2,1-4H3,(H,30,32)/b29-14-. The van der Waals surface area contributed by atoms with Crippen LogP contribution in [0.5, 0.6) is 17.2 Å². The third-order valence-corrected chi connectivity index (χ3v) is 7.62. The second-order valence-corrected chi connectivity index (χ2v) is 10.4. The molecule has 0 heterocycles. The molecule has 0 saturated heterocycles. The van der Waals surface area contributed by atoms with E-state index in [-0.39, 0.29) is 15.5 Å². The highest BCUT2D eigenvalue weighted by Crippen LogP contribution is 2.37. The molecule has 0 bridgehead atoms. The van der Waals surface area contributed by atoms with Gasteiger partial charge in [0.2, 0.25) is 15.8 Å². The minimum absolute atomic E-state index is 0.0370. The number of methoxy groups -OCH3 is 3. The van der Waals surface area contributed by atoms with Gasteiger partial charge in [0.25, 0.3) is 5.91 Å². The number of hydrogen-bond donors (Lipinski definition) is 1. The number of aryl methyl sites for hydroxylation is 1. The first kappa shape index (κ1) is 28.9. The largest absolute Gasteiger partial charge is 0.493 e. The van der Waals surface area contributed by atoms with Gasteiger partial charge in [0.05, 0.1) is 39.0 Å². The lowest BCUT2D eigenvalue weighted by Crippen LogP contribution is -2.39. The average molecular weight is 564 g/mol. The van der Waals surface area contributed by atoms with Crippen molar-refractivity contribution in [2.24, 2.45) is 5.10 Å². The molecular formula is C26H27ClFN3O6S. The molecule has 0 aromatic heterocycles. The van der Waals surface area contributed by atoms with Gasteiger partial charge in [-0.05, 0) is 43.3 Å². The molecule has 0 radical (unpaired) electrons. The normalized spacial score (nSPS) is 11.6. The van der Waals surface area contributed by atoms with E-state index in [0.29, 0.717) is 22.8 Å². The molecule has 0 unspecified atom stereocenters. The predicted molar refractivity (Wildman–Crippen MR) is 142 cm³/mol. The van der Waals surface area contributed by atoms with Crippen molar-refractivity contribution < 1.29 is 31.8 Å². The van der Waals surface area contributed by atoms with Crippen LogP contribution in [0.2, 0.25) is 5.02 Å². The lowest BCUT2D eigenvalue weighted by molar-refractivity contribution is -0.121. The number of nitrogens with one attached hydrogen (secondary N) is 1. The van der Waals surface area contributed by atoms with Crippen molar-refractivity contribution in [2.45, 2.75) is 18.4 Å². The molecule has 0 atom stereocenters. The van der Waals surface area contributed by atoms with Gasteiger partial charge in [0.15, 0.2) is 11.5 Å². The number of hydrazone groups is 1. The highest BCUT2D eigenvalue weighted by atomic mass is 35.5. The number of sulfonamides is 1. The van der Waals surface area contributed by atoms with Crippen molar-refractivity contribution in [2.75, 3.05) is 27.9 Å². The van der Waals surface area contributed by atoms with Crippen LogP contribution in [0.4, 0.5) is 4.39 Å². The predicted octanol–water partition coefficient (Wildman–Crippen LogP) is 4.15. The van der Waals surface area contributed by atoms with Crippen molar-refractivity contribution in [1.29, 1.82) is 0 Å². The number of carbonyl (C=O) groups is 1. The summed E-state index contributed by atoms with van der Waals surface area (Å²) in [4.78, 5) is 12.7. The van der Waals surface area contributed by atoms with Gasteiger partial charge in [0, 0.05) is 22.7 Å². The smallest absolute Gasteiger partial charge is 0.255 e. The molecule has 12 heteroatoms. The van der Waals surface area contributed by atoms with E-state index < -0.39 is 34.8 Å². The van der Waals surface area contributed by atoms with Crippen LogP contribution in [0, 0.1) is 12.7 Å². The van der Waals surface area contributed by atoms with E-state index in [0.717, 1.165) is 9.87 Å². The maximum absolute atomic E-state index is 14.5. The van der Waals surface area contributed by atoms with Crippen molar-refractivity contribution in [3.8, 4) is 17.2 Å². The number of carbonyl (C=O) groups excluding carboxylic acids is 1. The third kappa shape index (κ3) is 6.80. The van der Waals surface area contributed by atoms with E-state index in [1.165, 1.54) is 57.9 Å². The Balaban J connectivity index is 1.85. The van der Waals surface area contributed by atoms with Crippen LogP contribution in [-0.4, -0.2) is 52.7 Å². The van der Waals surface area contributed by atoms with Crippen LogP contribution in [0.15, 0.2) is 64.6 Å². The van der Waals surface area contributed by atoms with Gasteiger partial charge < -0.3 is 14.2 Å². The van der Waals surface area contributed by atoms with Crippen LogP contribution >= 0.6 is 11.6 Å². The minimum atomic E-state index is -4.20. The molecule has 0 spiro atoms. The molecule has 0 aliphatic rings. The summed E-state index contributed by atoms with van der Waals surface area (Å²) in [6.07, 6.45) is 1.33. The van der Waals surface area contributed by atoms with Crippen LogP contribution in [-0.2, 0) is 21.4 Å². The van der Waals surface area contributed by atoms with Crippen LogP contribution in [0.25, 0.3) is 0 Å². The number of nitrogens with zero attached hydrogens (tertiary/aromatic N) is 2. The van der Waals surface area contributed by atoms with Gasteiger partial charge in [-0.3, -0.25) is 4.79 Å². The topological polar surface area (TPSA) is 107 Å². The number of ether oxygens (including phenoxy) is 3. The number of benzene rings is 3. The Hall–Kier alpha value is -3.67. The highest BCUT2D eigenvalue weighted by molar-refractivity contribution is 7.89. The summed E-state index contributed by atoms with van der Waals surface area (Å²) in [7, 11) is 0.199. The number of amides is 1.